The minimum absolute atomic E-state index is 0.0984. The van der Waals surface area contributed by atoms with Gasteiger partial charge < -0.3 is 15.4 Å². The Balaban J connectivity index is 1.99. The summed E-state index contributed by atoms with van der Waals surface area (Å²) in [6.07, 6.45) is 5.17. The summed E-state index contributed by atoms with van der Waals surface area (Å²) in [5, 5.41) is 0. The number of nitrogens with zero attached hydrogens (tertiary/aromatic N) is 1. The third kappa shape index (κ3) is 4.21. The monoisotopic (exact) mass is 290 g/mol. The van der Waals surface area contributed by atoms with Crippen LogP contribution >= 0.6 is 0 Å². The highest BCUT2D eigenvalue weighted by Gasteiger charge is 2.35. The van der Waals surface area contributed by atoms with Gasteiger partial charge in [-0.15, -0.1) is 0 Å². The van der Waals surface area contributed by atoms with Crippen LogP contribution in [0.25, 0.3) is 0 Å². The van der Waals surface area contributed by atoms with E-state index in [0.717, 1.165) is 37.9 Å². The molecule has 0 bridgehead atoms. The van der Waals surface area contributed by atoms with Gasteiger partial charge in [0.15, 0.2) is 0 Å². The van der Waals surface area contributed by atoms with Crippen LogP contribution in [0.15, 0.2) is 24.3 Å². The maximum atomic E-state index is 11.9. The topological polar surface area (TPSA) is 72.6 Å². The van der Waals surface area contributed by atoms with E-state index < -0.39 is 11.8 Å². The molecule has 0 radical (unpaired) electrons. The number of benzene rings is 1. The molecule has 21 heavy (non-hydrogen) atoms. The minimum atomic E-state index is -0.915. The molecule has 1 saturated carbocycles. The number of primary amides is 1. The second-order valence-corrected chi connectivity index (χ2v) is 5.32. The maximum absolute atomic E-state index is 11.9. The summed E-state index contributed by atoms with van der Waals surface area (Å²) in [4.78, 5) is 24.5. The van der Waals surface area contributed by atoms with Crippen LogP contribution in [0.3, 0.4) is 0 Å². The van der Waals surface area contributed by atoms with Crippen LogP contribution in [0.2, 0.25) is 0 Å². The van der Waals surface area contributed by atoms with E-state index in [2.05, 4.69) is 6.92 Å². The van der Waals surface area contributed by atoms with Crippen LogP contribution in [0.5, 0.6) is 5.75 Å². The number of unbranched alkanes of at least 4 members (excludes halogenated alkanes) is 2. The van der Waals surface area contributed by atoms with E-state index in [1.165, 1.54) is 4.90 Å². The van der Waals surface area contributed by atoms with Gasteiger partial charge in [0, 0.05) is 11.7 Å². The van der Waals surface area contributed by atoms with E-state index >= 15 is 0 Å². The normalized spacial score (nSPS) is 13.8. The molecule has 0 aromatic heterocycles. The summed E-state index contributed by atoms with van der Waals surface area (Å²) in [6, 6.07) is 7.35. The van der Waals surface area contributed by atoms with Crippen molar-refractivity contribution in [1.29, 1.82) is 0 Å². The van der Waals surface area contributed by atoms with Crippen molar-refractivity contribution < 1.29 is 14.3 Å². The third-order valence-electron chi connectivity index (χ3n) is 3.47. The summed E-state index contributed by atoms with van der Waals surface area (Å²) in [5.74, 6) is -0.784. The van der Waals surface area contributed by atoms with Gasteiger partial charge >= 0.3 is 11.8 Å². The molecule has 1 aliphatic carbocycles. The lowest BCUT2D eigenvalue weighted by Crippen LogP contribution is -2.41. The molecule has 2 rings (SSSR count). The van der Waals surface area contributed by atoms with Gasteiger partial charge in [0.05, 0.1) is 6.61 Å². The van der Waals surface area contributed by atoms with Crippen LogP contribution < -0.4 is 15.4 Å². The Kier molecular flexibility index (Phi) is 5.20. The van der Waals surface area contributed by atoms with E-state index in [4.69, 9.17) is 10.5 Å². The molecule has 2 amide bonds. The van der Waals surface area contributed by atoms with Crippen molar-refractivity contribution in [1.82, 2.24) is 0 Å². The number of rotatable bonds is 7. The smallest absolute Gasteiger partial charge is 0.316 e. The molecular weight excluding hydrogens is 268 g/mol. The zero-order chi connectivity index (χ0) is 15.2. The molecule has 114 valence electrons. The van der Waals surface area contributed by atoms with E-state index in [1.807, 2.05) is 12.1 Å². The second-order valence-electron chi connectivity index (χ2n) is 5.32. The van der Waals surface area contributed by atoms with Crippen molar-refractivity contribution in [2.24, 2.45) is 5.73 Å². The largest absolute Gasteiger partial charge is 0.494 e. The zero-order valence-corrected chi connectivity index (χ0v) is 12.4. The Morgan fingerprint density at radius 2 is 1.90 bits per heavy atom. The maximum Gasteiger partial charge on any atom is 0.316 e. The average Bonchev–Trinajstić information content (AvgIpc) is 3.30. The Bertz CT molecular complexity index is 495. The van der Waals surface area contributed by atoms with Crippen molar-refractivity contribution in [2.75, 3.05) is 11.5 Å². The first kappa shape index (κ1) is 15.4. The van der Waals surface area contributed by atoms with Crippen molar-refractivity contribution in [3.8, 4) is 5.75 Å². The van der Waals surface area contributed by atoms with Gasteiger partial charge in [-0.05, 0) is 43.5 Å². The van der Waals surface area contributed by atoms with Crippen LogP contribution in [-0.2, 0) is 9.59 Å². The first-order valence-corrected chi connectivity index (χ1v) is 7.49. The number of carbonyl (C=O) groups is 2. The number of amides is 2. The fraction of sp³-hybridized carbons (Fsp3) is 0.500. The van der Waals surface area contributed by atoms with Gasteiger partial charge in [-0.2, -0.15) is 0 Å². The number of ether oxygens (including phenoxy) is 1. The molecule has 0 atom stereocenters. The SMILES string of the molecule is CCCCCOc1ccc(N(C(=O)C(N)=O)C2CC2)cc1. The van der Waals surface area contributed by atoms with Gasteiger partial charge in [0.1, 0.15) is 5.75 Å². The second kappa shape index (κ2) is 7.11. The van der Waals surface area contributed by atoms with Gasteiger partial charge in [-0.25, -0.2) is 0 Å². The van der Waals surface area contributed by atoms with Crippen LogP contribution in [0.4, 0.5) is 5.69 Å². The molecule has 1 aromatic carbocycles. The molecule has 0 aliphatic heterocycles. The lowest BCUT2D eigenvalue weighted by molar-refractivity contribution is -0.135. The summed E-state index contributed by atoms with van der Waals surface area (Å²) in [5.41, 5.74) is 5.81. The van der Waals surface area contributed by atoms with Gasteiger partial charge in [0.25, 0.3) is 0 Å². The standard InChI is InChI=1S/C16H22N2O3/c1-2-3-4-11-21-14-9-7-13(8-10-14)18(12-5-6-12)16(20)15(17)19/h7-10,12H,2-6,11H2,1H3,(H2,17,19). The Labute approximate surface area is 125 Å². The van der Waals surface area contributed by atoms with E-state index in [0.29, 0.717) is 12.3 Å². The van der Waals surface area contributed by atoms with Gasteiger partial charge in [0.2, 0.25) is 0 Å². The lowest BCUT2D eigenvalue weighted by atomic mass is 10.2. The van der Waals surface area contributed by atoms with Crippen LogP contribution in [0.1, 0.15) is 39.0 Å². The highest BCUT2D eigenvalue weighted by molar-refractivity contribution is 6.40. The third-order valence-corrected chi connectivity index (χ3v) is 3.47. The molecular formula is C16H22N2O3. The molecule has 2 N–H and O–H groups in total. The van der Waals surface area contributed by atoms with Gasteiger partial charge in [-0.3, -0.25) is 9.59 Å². The number of carbonyl (C=O) groups excluding carboxylic acids is 2. The number of anilines is 1. The predicted octanol–water partition coefficient (Wildman–Crippen LogP) is 2.24. The Hall–Kier alpha value is -2.04. The molecule has 0 heterocycles. The molecule has 0 saturated heterocycles. The predicted molar refractivity (Wildman–Crippen MR) is 81.2 cm³/mol. The molecule has 1 aliphatic rings. The van der Waals surface area contributed by atoms with E-state index in [-0.39, 0.29) is 6.04 Å². The van der Waals surface area contributed by atoms with Gasteiger partial charge in [-0.1, -0.05) is 19.8 Å². The van der Waals surface area contributed by atoms with Crippen molar-refractivity contribution in [2.45, 2.75) is 45.1 Å². The molecule has 0 unspecified atom stereocenters. The zero-order valence-electron chi connectivity index (χ0n) is 12.4. The van der Waals surface area contributed by atoms with Crippen molar-refractivity contribution in [3.63, 3.8) is 0 Å². The average molecular weight is 290 g/mol. The fourth-order valence-electron chi connectivity index (χ4n) is 2.19. The molecule has 1 fully saturated rings. The summed E-state index contributed by atoms with van der Waals surface area (Å²) >= 11 is 0. The Morgan fingerprint density at radius 1 is 1.24 bits per heavy atom. The first-order chi connectivity index (χ1) is 10.1. The van der Waals surface area contributed by atoms with E-state index in [9.17, 15) is 9.59 Å². The first-order valence-electron chi connectivity index (χ1n) is 7.49. The molecule has 5 nitrogen and oxygen atoms in total. The molecule has 0 spiro atoms. The van der Waals surface area contributed by atoms with Crippen LogP contribution in [-0.4, -0.2) is 24.5 Å². The summed E-state index contributed by atoms with van der Waals surface area (Å²) in [7, 11) is 0. The fourth-order valence-corrected chi connectivity index (χ4v) is 2.19. The number of nitrogens with two attached hydrogens (primary N) is 1. The minimum Gasteiger partial charge on any atom is -0.494 e. The Morgan fingerprint density at radius 3 is 2.43 bits per heavy atom. The highest BCUT2D eigenvalue weighted by Crippen LogP contribution is 2.32. The quantitative estimate of drug-likeness (QED) is 0.618. The molecule has 5 heteroatoms. The number of hydrogen-bond acceptors (Lipinski definition) is 3. The van der Waals surface area contributed by atoms with E-state index in [1.54, 1.807) is 12.1 Å². The highest BCUT2D eigenvalue weighted by atomic mass is 16.5. The summed E-state index contributed by atoms with van der Waals surface area (Å²) < 4.78 is 5.63. The van der Waals surface area contributed by atoms with Crippen LogP contribution in [0, 0.1) is 0 Å². The number of hydrogen-bond donors (Lipinski definition) is 1. The van der Waals surface area contributed by atoms with Crippen molar-refractivity contribution in [3.05, 3.63) is 24.3 Å². The molecule has 1 aromatic rings. The summed E-state index contributed by atoms with van der Waals surface area (Å²) in [6.45, 7) is 2.84. The lowest BCUT2D eigenvalue weighted by Gasteiger charge is -2.21. The van der Waals surface area contributed by atoms with Crippen molar-refractivity contribution >= 4 is 17.5 Å².